The third kappa shape index (κ3) is 3.95. The first-order valence-corrected chi connectivity index (χ1v) is 7.51. The van der Waals surface area contributed by atoms with Gasteiger partial charge in [0.05, 0.1) is 25.4 Å². The predicted octanol–water partition coefficient (Wildman–Crippen LogP) is 2.25. The Morgan fingerprint density at radius 1 is 1.14 bits per heavy atom. The van der Waals surface area contributed by atoms with Gasteiger partial charge in [-0.05, 0) is 24.8 Å². The molecule has 1 aliphatic carbocycles. The van der Waals surface area contributed by atoms with E-state index in [-0.39, 0.29) is 24.3 Å². The standard InChI is InChI=1S/C16H21NO4/c18-16(21-11-12-4-2-1-3-5-12)17-13-6-7-14-15(10-13)20-9-8-19-14/h1-5,13-15H,6-11H2,(H,17,18). The van der Waals surface area contributed by atoms with Crippen molar-refractivity contribution in [2.45, 2.75) is 44.1 Å². The number of fused-ring (bicyclic) bond motifs is 1. The van der Waals surface area contributed by atoms with Gasteiger partial charge >= 0.3 is 6.09 Å². The van der Waals surface area contributed by atoms with Crippen LogP contribution in [0.2, 0.25) is 0 Å². The molecule has 3 atom stereocenters. The number of carbonyl (C=O) groups excluding carboxylic acids is 1. The van der Waals surface area contributed by atoms with Crippen molar-refractivity contribution in [3.05, 3.63) is 35.9 Å². The Bertz CT molecular complexity index is 465. The van der Waals surface area contributed by atoms with Gasteiger partial charge in [0.25, 0.3) is 0 Å². The Balaban J connectivity index is 1.42. The third-order valence-electron chi connectivity index (χ3n) is 4.01. The maximum atomic E-state index is 11.8. The van der Waals surface area contributed by atoms with Crippen molar-refractivity contribution in [2.75, 3.05) is 13.2 Å². The maximum Gasteiger partial charge on any atom is 0.407 e. The predicted molar refractivity (Wildman–Crippen MR) is 76.9 cm³/mol. The second kappa shape index (κ2) is 6.91. The van der Waals surface area contributed by atoms with Crippen LogP contribution < -0.4 is 5.32 Å². The van der Waals surface area contributed by atoms with Crippen LogP contribution >= 0.6 is 0 Å². The van der Waals surface area contributed by atoms with Crippen LogP contribution in [-0.4, -0.2) is 37.6 Å². The Labute approximate surface area is 124 Å². The summed E-state index contributed by atoms with van der Waals surface area (Å²) < 4.78 is 16.6. The molecule has 1 aromatic carbocycles. The monoisotopic (exact) mass is 291 g/mol. The van der Waals surface area contributed by atoms with Crippen LogP contribution in [0.15, 0.2) is 30.3 Å². The fourth-order valence-electron chi connectivity index (χ4n) is 2.93. The van der Waals surface area contributed by atoms with E-state index < -0.39 is 0 Å². The van der Waals surface area contributed by atoms with Crippen LogP contribution in [0.4, 0.5) is 4.79 Å². The van der Waals surface area contributed by atoms with Crippen molar-refractivity contribution in [3.63, 3.8) is 0 Å². The molecule has 1 saturated heterocycles. The molecule has 1 aromatic rings. The summed E-state index contributed by atoms with van der Waals surface area (Å²) in [5, 5.41) is 2.93. The highest BCUT2D eigenvalue weighted by atomic mass is 16.6. The van der Waals surface area contributed by atoms with E-state index in [1.54, 1.807) is 0 Å². The molecule has 1 amide bonds. The number of hydrogen-bond acceptors (Lipinski definition) is 4. The summed E-state index contributed by atoms with van der Waals surface area (Å²) in [6, 6.07) is 9.78. The SMILES string of the molecule is O=C(NC1CCC2OCCOC2C1)OCc1ccccc1. The van der Waals surface area contributed by atoms with Crippen LogP contribution in [0.3, 0.4) is 0 Å². The van der Waals surface area contributed by atoms with Crippen LogP contribution in [0.1, 0.15) is 24.8 Å². The van der Waals surface area contributed by atoms with Gasteiger partial charge < -0.3 is 19.5 Å². The van der Waals surface area contributed by atoms with E-state index in [0.29, 0.717) is 19.8 Å². The first kappa shape index (κ1) is 14.4. The molecular formula is C16H21NO4. The number of benzene rings is 1. The first-order valence-electron chi connectivity index (χ1n) is 7.51. The van der Waals surface area contributed by atoms with Gasteiger partial charge in [-0.25, -0.2) is 4.79 Å². The quantitative estimate of drug-likeness (QED) is 0.928. The summed E-state index contributed by atoms with van der Waals surface area (Å²) in [5.41, 5.74) is 0.986. The summed E-state index contributed by atoms with van der Waals surface area (Å²) in [7, 11) is 0. The van der Waals surface area contributed by atoms with Gasteiger partial charge in [0.15, 0.2) is 0 Å². The normalized spacial score (nSPS) is 28.5. The molecule has 0 bridgehead atoms. The lowest BCUT2D eigenvalue weighted by molar-refractivity contribution is -0.157. The number of hydrogen-bond donors (Lipinski definition) is 1. The molecule has 1 heterocycles. The summed E-state index contributed by atoms with van der Waals surface area (Å²) >= 11 is 0. The minimum atomic E-state index is -0.362. The van der Waals surface area contributed by atoms with Crippen LogP contribution in [0.5, 0.6) is 0 Å². The second-order valence-electron chi connectivity index (χ2n) is 5.53. The van der Waals surface area contributed by atoms with Gasteiger partial charge in [0.2, 0.25) is 0 Å². The minimum absolute atomic E-state index is 0.104. The zero-order valence-electron chi connectivity index (χ0n) is 12.0. The molecule has 3 unspecified atom stereocenters. The number of alkyl carbamates (subject to hydrolysis) is 1. The number of ether oxygens (including phenoxy) is 3. The Morgan fingerprint density at radius 3 is 2.71 bits per heavy atom. The fourth-order valence-corrected chi connectivity index (χ4v) is 2.93. The lowest BCUT2D eigenvalue weighted by Gasteiger charge is -2.38. The zero-order valence-corrected chi connectivity index (χ0v) is 12.0. The lowest BCUT2D eigenvalue weighted by atomic mass is 9.90. The highest BCUT2D eigenvalue weighted by Crippen LogP contribution is 2.26. The van der Waals surface area contributed by atoms with Crippen molar-refractivity contribution < 1.29 is 19.0 Å². The van der Waals surface area contributed by atoms with E-state index in [1.807, 2.05) is 30.3 Å². The highest BCUT2D eigenvalue weighted by Gasteiger charge is 2.34. The topological polar surface area (TPSA) is 56.8 Å². The van der Waals surface area contributed by atoms with E-state index in [0.717, 1.165) is 24.8 Å². The van der Waals surface area contributed by atoms with Gasteiger partial charge in [-0.3, -0.25) is 0 Å². The number of rotatable bonds is 3. The number of nitrogens with one attached hydrogen (secondary N) is 1. The van der Waals surface area contributed by atoms with Gasteiger partial charge in [-0.1, -0.05) is 30.3 Å². The van der Waals surface area contributed by atoms with E-state index in [9.17, 15) is 4.79 Å². The number of amides is 1. The second-order valence-corrected chi connectivity index (χ2v) is 5.53. The van der Waals surface area contributed by atoms with Gasteiger partial charge in [-0.15, -0.1) is 0 Å². The van der Waals surface area contributed by atoms with E-state index in [2.05, 4.69) is 5.32 Å². The van der Waals surface area contributed by atoms with Gasteiger partial charge in [0, 0.05) is 6.04 Å². The lowest BCUT2D eigenvalue weighted by Crippen LogP contribution is -2.49. The Hall–Kier alpha value is -1.59. The molecule has 0 aromatic heterocycles. The molecule has 0 spiro atoms. The summed E-state index contributed by atoms with van der Waals surface area (Å²) in [6.45, 7) is 1.62. The summed E-state index contributed by atoms with van der Waals surface area (Å²) in [5.74, 6) is 0. The highest BCUT2D eigenvalue weighted by molar-refractivity contribution is 5.67. The fraction of sp³-hybridized carbons (Fsp3) is 0.562. The van der Waals surface area contributed by atoms with Crippen LogP contribution in [-0.2, 0) is 20.8 Å². The molecule has 21 heavy (non-hydrogen) atoms. The largest absolute Gasteiger partial charge is 0.445 e. The minimum Gasteiger partial charge on any atom is -0.445 e. The molecule has 1 N–H and O–H groups in total. The molecule has 3 rings (SSSR count). The van der Waals surface area contributed by atoms with Gasteiger partial charge in [-0.2, -0.15) is 0 Å². The molecule has 114 valence electrons. The smallest absolute Gasteiger partial charge is 0.407 e. The summed E-state index contributed by atoms with van der Waals surface area (Å²) in [6.07, 6.45) is 2.56. The molecule has 2 aliphatic rings. The molecule has 2 fully saturated rings. The van der Waals surface area contributed by atoms with Gasteiger partial charge in [0.1, 0.15) is 6.61 Å². The first-order chi connectivity index (χ1) is 10.3. The molecule has 1 saturated carbocycles. The molecule has 5 heteroatoms. The van der Waals surface area contributed by atoms with Crippen molar-refractivity contribution in [1.29, 1.82) is 0 Å². The average Bonchev–Trinajstić information content (AvgIpc) is 2.54. The maximum absolute atomic E-state index is 11.8. The average molecular weight is 291 g/mol. The van der Waals surface area contributed by atoms with Crippen molar-refractivity contribution in [2.24, 2.45) is 0 Å². The molecular weight excluding hydrogens is 270 g/mol. The molecule has 5 nitrogen and oxygen atoms in total. The Morgan fingerprint density at radius 2 is 1.90 bits per heavy atom. The van der Waals surface area contributed by atoms with Crippen molar-refractivity contribution in [1.82, 2.24) is 5.32 Å². The van der Waals surface area contributed by atoms with E-state index in [4.69, 9.17) is 14.2 Å². The van der Waals surface area contributed by atoms with Crippen molar-refractivity contribution >= 4 is 6.09 Å². The van der Waals surface area contributed by atoms with E-state index >= 15 is 0 Å². The zero-order chi connectivity index (χ0) is 14.5. The van der Waals surface area contributed by atoms with Crippen molar-refractivity contribution in [3.8, 4) is 0 Å². The number of carbonyl (C=O) groups is 1. The van der Waals surface area contributed by atoms with Crippen LogP contribution in [0.25, 0.3) is 0 Å². The summed E-state index contributed by atoms with van der Waals surface area (Å²) in [4.78, 5) is 11.8. The Kier molecular flexibility index (Phi) is 4.72. The van der Waals surface area contributed by atoms with E-state index in [1.165, 1.54) is 0 Å². The molecule has 0 radical (unpaired) electrons. The third-order valence-corrected chi connectivity index (χ3v) is 4.01. The molecule has 1 aliphatic heterocycles. The van der Waals surface area contributed by atoms with Crippen LogP contribution in [0, 0.1) is 0 Å².